The number of carbonyl (C=O) groups excluding carboxylic acids is 1. The molecule has 1 amide bonds. The Morgan fingerprint density at radius 2 is 2.08 bits per heavy atom. The number of benzene rings is 1. The maximum absolute atomic E-state index is 12.4. The third-order valence-electron chi connectivity index (χ3n) is 5.11. The van der Waals surface area contributed by atoms with Crippen LogP contribution >= 0.6 is 0 Å². The number of hydrogen-bond acceptors (Lipinski definition) is 3. The Hall–Kier alpha value is -2.36. The van der Waals surface area contributed by atoms with Crippen molar-refractivity contribution in [2.75, 3.05) is 11.4 Å². The summed E-state index contributed by atoms with van der Waals surface area (Å²) in [6.45, 7) is 5.90. The molecule has 0 radical (unpaired) electrons. The first kappa shape index (κ1) is 17.5. The minimum atomic E-state index is -0.125. The van der Waals surface area contributed by atoms with Gasteiger partial charge in [0.05, 0.1) is 11.9 Å². The van der Waals surface area contributed by atoms with E-state index in [9.17, 15) is 4.79 Å². The molecule has 1 saturated heterocycles. The highest BCUT2D eigenvalue weighted by atomic mass is 16.1. The number of carbonyl (C=O) groups is 1. The average Bonchev–Trinajstić information content (AvgIpc) is 2.67. The molecule has 2 aromatic rings. The number of aryl methyl sites for hydroxylation is 1. The van der Waals surface area contributed by atoms with E-state index in [1.54, 1.807) is 0 Å². The second-order valence-electron chi connectivity index (χ2n) is 6.76. The largest absolute Gasteiger partial charge is 0.367 e. The van der Waals surface area contributed by atoms with Crippen LogP contribution in [0, 0.1) is 6.92 Å². The van der Waals surface area contributed by atoms with E-state index in [0.717, 1.165) is 24.2 Å². The van der Waals surface area contributed by atoms with Crippen molar-refractivity contribution in [2.45, 2.75) is 52.1 Å². The lowest BCUT2D eigenvalue weighted by molar-refractivity contribution is 0.0946. The number of anilines is 1. The highest BCUT2D eigenvalue weighted by Gasteiger charge is 2.21. The molecule has 1 N–H and O–H groups in total. The predicted octanol–water partition coefficient (Wildman–Crippen LogP) is 4.09. The van der Waals surface area contributed by atoms with Gasteiger partial charge < -0.3 is 10.2 Å². The summed E-state index contributed by atoms with van der Waals surface area (Å²) in [5, 5.41) is 2.96. The lowest BCUT2D eigenvalue weighted by atomic mass is 9.99. The quantitative estimate of drug-likeness (QED) is 0.894. The minimum Gasteiger partial charge on any atom is -0.367 e. The molecule has 1 fully saturated rings. The van der Waals surface area contributed by atoms with E-state index in [2.05, 4.69) is 35.1 Å². The van der Waals surface area contributed by atoms with Gasteiger partial charge >= 0.3 is 0 Å². The van der Waals surface area contributed by atoms with Gasteiger partial charge in [0.25, 0.3) is 5.91 Å². The molecule has 1 atom stereocenters. The van der Waals surface area contributed by atoms with Crippen LogP contribution in [0.5, 0.6) is 0 Å². The van der Waals surface area contributed by atoms with Gasteiger partial charge in [-0.25, -0.2) is 4.98 Å². The Bertz CT molecular complexity index is 711. The summed E-state index contributed by atoms with van der Waals surface area (Å²) >= 11 is 0. The minimum absolute atomic E-state index is 0.125. The third kappa shape index (κ3) is 4.19. The first-order chi connectivity index (χ1) is 12.2. The SMILES string of the molecule is CCC1CCCCN1c1ccc(C(=O)NCc2ccccc2C)nc1. The fourth-order valence-electron chi connectivity index (χ4n) is 3.53. The number of hydrogen-bond donors (Lipinski definition) is 1. The van der Waals surface area contributed by atoms with Gasteiger partial charge in [-0.05, 0) is 55.9 Å². The van der Waals surface area contributed by atoms with E-state index in [-0.39, 0.29) is 5.91 Å². The van der Waals surface area contributed by atoms with Crippen molar-refractivity contribution in [3.8, 4) is 0 Å². The van der Waals surface area contributed by atoms with Crippen molar-refractivity contribution in [3.63, 3.8) is 0 Å². The van der Waals surface area contributed by atoms with Gasteiger partial charge in [0.1, 0.15) is 5.69 Å². The Balaban J connectivity index is 1.63. The Labute approximate surface area is 150 Å². The monoisotopic (exact) mass is 337 g/mol. The van der Waals surface area contributed by atoms with E-state index >= 15 is 0 Å². The Kier molecular flexibility index (Phi) is 5.69. The lowest BCUT2D eigenvalue weighted by Crippen LogP contribution is -2.39. The summed E-state index contributed by atoms with van der Waals surface area (Å²) in [6.07, 6.45) is 6.78. The van der Waals surface area contributed by atoms with E-state index in [1.165, 1.54) is 24.8 Å². The predicted molar refractivity (Wildman–Crippen MR) is 102 cm³/mol. The maximum Gasteiger partial charge on any atom is 0.270 e. The van der Waals surface area contributed by atoms with Crippen LogP contribution in [-0.2, 0) is 6.54 Å². The fraction of sp³-hybridized carbons (Fsp3) is 0.429. The van der Waals surface area contributed by atoms with Crippen molar-refractivity contribution in [2.24, 2.45) is 0 Å². The summed E-state index contributed by atoms with van der Waals surface area (Å²) < 4.78 is 0. The maximum atomic E-state index is 12.4. The van der Waals surface area contributed by atoms with Crippen LogP contribution in [0.1, 0.15) is 54.2 Å². The van der Waals surface area contributed by atoms with Crippen molar-refractivity contribution >= 4 is 11.6 Å². The van der Waals surface area contributed by atoms with Crippen molar-refractivity contribution < 1.29 is 4.79 Å². The molecule has 2 heterocycles. The summed E-state index contributed by atoms with van der Waals surface area (Å²) in [6, 6.07) is 12.5. The topological polar surface area (TPSA) is 45.2 Å². The highest BCUT2D eigenvalue weighted by Crippen LogP contribution is 2.25. The molecule has 1 aromatic carbocycles. The molecule has 0 spiro atoms. The van der Waals surface area contributed by atoms with Crippen LogP contribution in [0.4, 0.5) is 5.69 Å². The van der Waals surface area contributed by atoms with E-state index in [1.807, 2.05) is 36.5 Å². The number of piperidine rings is 1. The lowest BCUT2D eigenvalue weighted by Gasteiger charge is -2.37. The molecule has 0 saturated carbocycles. The highest BCUT2D eigenvalue weighted by molar-refractivity contribution is 5.92. The Morgan fingerprint density at radius 3 is 2.80 bits per heavy atom. The molecular formula is C21H27N3O. The molecule has 0 bridgehead atoms. The van der Waals surface area contributed by atoms with Crippen LogP contribution in [0.25, 0.3) is 0 Å². The van der Waals surface area contributed by atoms with Crippen LogP contribution in [0.3, 0.4) is 0 Å². The molecule has 3 rings (SSSR count). The zero-order chi connectivity index (χ0) is 17.6. The van der Waals surface area contributed by atoms with Crippen LogP contribution in [0.15, 0.2) is 42.6 Å². The van der Waals surface area contributed by atoms with E-state index in [0.29, 0.717) is 18.3 Å². The molecule has 1 aromatic heterocycles. The molecule has 4 heteroatoms. The number of pyridine rings is 1. The van der Waals surface area contributed by atoms with Crippen molar-refractivity contribution in [1.29, 1.82) is 0 Å². The molecule has 4 nitrogen and oxygen atoms in total. The first-order valence-electron chi connectivity index (χ1n) is 9.24. The zero-order valence-corrected chi connectivity index (χ0v) is 15.2. The van der Waals surface area contributed by atoms with Gasteiger partial charge in [-0.1, -0.05) is 31.2 Å². The van der Waals surface area contributed by atoms with Gasteiger partial charge in [-0.3, -0.25) is 4.79 Å². The number of rotatable bonds is 5. The number of amides is 1. The molecule has 1 unspecified atom stereocenters. The zero-order valence-electron chi connectivity index (χ0n) is 15.2. The van der Waals surface area contributed by atoms with Crippen LogP contribution < -0.4 is 10.2 Å². The van der Waals surface area contributed by atoms with Gasteiger partial charge in [-0.2, -0.15) is 0 Å². The second kappa shape index (κ2) is 8.15. The van der Waals surface area contributed by atoms with Crippen LogP contribution in [-0.4, -0.2) is 23.5 Å². The molecule has 0 aliphatic carbocycles. The van der Waals surface area contributed by atoms with Crippen LogP contribution in [0.2, 0.25) is 0 Å². The fourth-order valence-corrected chi connectivity index (χ4v) is 3.53. The summed E-state index contributed by atoms with van der Waals surface area (Å²) in [5.41, 5.74) is 3.91. The average molecular weight is 337 g/mol. The number of aromatic nitrogens is 1. The molecule has 132 valence electrons. The molecular weight excluding hydrogens is 310 g/mol. The second-order valence-corrected chi connectivity index (χ2v) is 6.76. The molecule has 25 heavy (non-hydrogen) atoms. The van der Waals surface area contributed by atoms with Gasteiger partial charge in [0.2, 0.25) is 0 Å². The first-order valence-corrected chi connectivity index (χ1v) is 9.24. The summed E-state index contributed by atoms with van der Waals surface area (Å²) in [4.78, 5) is 19.2. The van der Waals surface area contributed by atoms with E-state index in [4.69, 9.17) is 0 Å². The summed E-state index contributed by atoms with van der Waals surface area (Å²) in [5.74, 6) is -0.125. The van der Waals surface area contributed by atoms with Gasteiger partial charge in [0, 0.05) is 19.1 Å². The normalized spacial score (nSPS) is 17.4. The standard InChI is InChI=1S/C21H27N3O/c1-3-18-10-6-7-13-24(18)19-11-12-20(22-15-19)21(25)23-14-17-9-5-4-8-16(17)2/h4-5,8-9,11-12,15,18H,3,6-7,10,13-14H2,1-2H3,(H,23,25). The third-order valence-corrected chi connectivity index (χ3v) is 5.11. The number of nitrogens with one attached hydrogen (secondary N) is 1. The summed E-state index contributed by atoms with van der Waals surface area (Å²) in [7, 11) is 0. The van der Waals surface area contributed by atoms with E-state index < -0.39 is 0 Å². The van der Waals surface area contributed by atoms with Crippen molar-refractivity contribution in [1.82, 2.24) is 10.3 Å². The molecule has 1 aliphatic rings. The molecule has 1 aliphatic heterocycles. The van der Waals surface area contributed by atoms with Gasteiger partial charge in [-0.15, -0.1) is 0 Å². The van der Waals surface area contributed by atoms with Crippen molar-refractivity contribution in [3.05, 3.63) is 59.4 Å². The number of nitrogens with zero attached hydrogens (tertiary/aromatic N) is 2. The Morgan fingerprint density at radius 1 is 1.24 bits per heavy atom. The smallest absolute Gasteiger partial charge is 0.270 e. The van der Waals surface area contributed by atoms with Gasteiger partial charge in [0.15, 0.2) is 0 Å².